The molecule has 0 bridgehead atoms. The van der Waals surface area contributed by atoms with Gasteiger partial charge in [0.05, 0.1) is 17.9 Å². The Morgan fingerprint density at radius 1 is 1.21 bits per heavy atom. The van der Waals surface area contributed by atoms with Crippen molar-refractivity contribution < 1.29 is 27.9 Å². The van der Waals surface area contributed by atoms with Gasteiger partial charge in [-0.3, -0.25) is 9.59 Å². The summed E-state index contributed by atoms with van der Waals surface area (Å²) in [6.45, 7) is 0.827. The molecule has 130 valence electrons. The summed E-state index contributed by atoms with van der Waals surface area (Å²) in [4.78, 5) is 24.9. The molecule has 1 aromatic carbocycles. The minimum absolute atomic E-state index is 0.0230. The second-order valence-electron chi connectivity index (χ2n) is 6.67. The van der Waals surface area contributed by atoms with Gasteiger partial charge in [0.1, 0.15) is 0 Å². The van der Waals surface area contributed by atoms with Crippen LogP contribution in [-0.4, -0.2) is 35.0 Å². The number of amides is 1. The maximum absolute atomic E-state index is 13.0. The van der Waals surface area contributed by atoms with Crippen LogP contribution in [0.5, 0.6) is 0 Å². The van der Waals surface area contributed by atoms with Crippen LogP contribution in [0, 0.1) is 11.3 Å². The Hall–Kier alpha value is -2.05. The smallest absolute Gasteiger partial charge is 0.416 e. The molecule has 1 heterocycles. The zero-order valence-electron chi connectivity index (χ0n) is 13.0. The van der Waals surface area contributed by atoms with E-state index < -0.39 is 17.7 Å². The lowest BCUT2D eigenvalue weighted by Crippen LogP contribution is -2.40. The van der Waals surface area contributed by atoms with Crippen LogP contribution in [0.3, 0.4) is 0 Å². The Morgan fingerprint density at radius 2 is 1.83 bits per heavy atom. The number of carbonyl (C=O) groups excluding carboxylic acids is 1. The lowest BCUT2D eigenvalue weighted by atomic mass is 9.90. The number of carbonyl (C=O) groups is 2. The monoisotopic (exact) mass is 341 g/mol. The highest BCUT2D eigenvalue weighted by Gasteiger charge is 2.59. The molecule has 1 aliphatic carbocycles. The van der Waals surface area contributed by atoms with E-state index in [-0.39, 0.29) is 29.2 Å². The first-order valence-corrected chi connectivity index (χ1v) is 7.89. The van der Waals surface area contributed by atoms with E-state index in [1.807, 2.05) is 0 Å². The van der Waals surface area contributed by atoms with Crippen LogP contribution in [-0.2, 0) is 22.2 Å². The van der Waals surface area contributed by atoms with Crippen LogP contribution in [0.4, 0.5) is 13.2 Å². The van der Waals surface area contributed by atoms with Crippen LogP contribution in [0.1, 0.15) is 30.4 Å². The number of aliphatic carboxylic acids is 1. The standard InChI is InChI=1S/C17H18F3NO3/c18-17(19,20)12-4-2-1-3-11(12)9-14(22)21-7-5-16(6-8-21)10-13(16)15(23)24/h1-4,13H,5-10H2,(H,23,24). The number of carboxylic acid groups (broad SMARTS) is 1. The van der Waals surface area contributed by atoms with E-state index in [1.54, 1.807) is 4.90 Å². The Labute approximate surface area is 137 Å². The van der Waals surface area contributed by atoms with Crippen molar-refractivity contribution in [2.24, 2.45) is 11.3 Å². The van der Waals surface area contributed by atoms with Crippen molar-refractivity contribution in [3.05, 3.63) is 35.4 Å². The minimum Gasteiger partial charge on any atom is -0.481 e. The largest absolute Gasteiger partial charge is 0.481 e. The first-order chi connectivity index (χ1) is 11.2. The van der Waals surface area contributed by atoms with Crippen LogP contribution >= 0.6 is 0 Å². The molecule has 1 saturated carbocycles. The first kappa shape index (κ1) is 16.8. The van der Waals surface area contributed by atoms with Gasteiger partial charge in [-0.1, -0.05) is 18.2 Å². The summed E-state index contributed by atoms with van der Waals surface area (Å²) in [7, 11) is 0. The molecule has 7 heteroatoms. The molecular weight excluding hydrogens is 323 g/mol. The van der Waals surface area contributed by atoms with E-state index in [1.165, 1.54) is 18.2 Å². The summed E-state index contributed by atoms with van der Waals surface area (Å²) >= 11 is 0. The zero-order chi connectivity index (χ0) is 17.5. The van der Waals surface area contributed by atoms with Crippen molar-refractivity contribution in [1.29, 1.82) is 0 Å². The average Bonchev–Trinajstić information content (AvgIpc) is 3.21. The van der Waals surface area contributed by atoms with Crippen LogP contribution in [0.15, 0.2) is 24.3 Å². The molecule has 1 aromatic rings. The van der Waals surface area contributed by atoms with Crippen molar-refractivity contribution in [3.63, 3.8) is 0 Å². The summed E-state index contributed by atoms with van der Waals surface area (Å²) < 4.78 is 39.0. The van der Waals surface area contributed by atoms with Crippen molar-refractivity contribution in [2.45, 2.75) is 31.9 Å². The highest BCUT2D eigenvalue weighted by molar-refractivity contribution is 5.79. The predicted molar refractivity (Wildman–Crippen MR) is 79.1 cm³/mol. The SMILES string of the molecule is O=C(O)C1CC12CCN(C(=O)Cc1ccccc1C(F)(F)F)CC2. The fourth-order valence-electron chi connectivity index (χ4n) is 3.68. The van der Waals surface area contributed by atoms with Crippen LogP contribution in [0.25, 0.3) is 0 Å². The fourth-order valence-corrected chi connectivity index (χ4v) is 3.68. The molecule has 1 N–H and O–H groups in total. The summed E-state index contributed by atoms with van der Waals surface area (Å²) in [6.07, 6.45) is -2.91. The number of rotatable bonds is 3. The van der Waals surface area contributed by atoms with Crippen molar-refractivity contribution in [2.75, 3.05) is 13.1 Å². The van der Waals surface area contributed by atoms with Gasteiger partial charge in [0.25, 0.3) is 0 Å². The number of benzene rings is 1. The van der Waals surface area contributed by atoms with Crippen molar-refractivity contribution >= 4 is 11.9 Å². The number of alkyl halides is 3. The number of likely N-dealkylation sites (tertiary alicyclic amines) is 1. The molecular formula is C17H18F3NO3. The normalized spacial score (nSPS) is 22.5. The van der Waals surface area contributed by atoms with Gasteiger partial charge in [0, 0.05) is 13.1 Å². The van der Waals surface area contributed by atoms with E-state index in [9.17, 15) is 22.8 Å². The molecule has 1 aliphatic heterocycles. The molecule has 24 heavy (non-hydrogen) atoms. The van der Waals surface area contributed by atoms with Crippen molar-refractivity contribution in [3.8, 4) is 0 Å². The van der Waals surface area contributed by atoms with E-state index in [0.29, 0.717) is 32.4 Å². The average molecular weight is 341 g/mol. The third-order valence-corrected chi connectivity index (χ3v) is 5.26. The zero-order valence-corrected chi connectivity index (χ0v) is 13.0. The molecule has 1 unspecified atom stereocenters. The van der Waals surface area contributed by atoms with Crippen molar-refractivity contribution in [1.82, 2.24) is 4.90 Å². The summed E-state index contributed by atoms with van der Waals surface area (Å²) in [5, 5.41) is 9.06. The molecule has 2 fully saturated rings. The van der Waals surface area contributed by atoms with E-state index >= 15 is 0 Å². The third kappa shape index (κ3) is 3.12. The van der Waals surface area contributed by atoms with Crippen LogP contribution < -0.4 is 0 Å². The Bertz CT molecular complexity index is 663. The molecule has 4 nitrogen and oxygen atoms in total. The highest BCUT2D eigenvalue weighted by Crippen LogP contribution is 2.59. The maximum atomic E-state index is 13.0. The quantitative estimate of drug-likeness (QED) is 0.920. The molecule has 1 amide bonds. The third-order valence-electron chi connectivity index (χ3n) is 5.26. The summed E-state index contributed by atoms with van der Waals surface area (Å²) in [5.74, 6) is -1.47. The molecule has 0 radical (unpaired) electrons. The number of hydrogen-bond acceptors (Lipinski definition) is 2. The van der Waals surface area contributed by atoms with Crippen LogP contribution in [0.2, 0.25) is 0 Å². The highest BCUT2D eigenvalue weighted by atomic mass is 19.4. The lowest BCUT2D eigenvalue weighted by molar-refractivity contribution is -0.140. The topological polar surface area (TPSA) is 57.6 Å². The minimum atomic E-state index is -4.48. The molecule has 0 aromatic heterocycles. The van der Waals surface area contributed by atoms with E-state index in [4.69, 9.17) is 5.11 Å². The predicted octanol–water partition coefficient (Wildman–Crippen LogP) is 2.96. The van der Waals surface area contributed by atoms with Gasteiger partial charge >= 0.3 is 12.1 Å². The van der Waals surface area contributed by atoms with E-state index in [0.717, 1.165) is 6.07 Å². The van der Waals surface area contributed by atoms with E-state index in [2.05, 4.69) is 0 Å². The lowest BCUT2D eigenvalue weighted by Gasteiger charge is -2.33. The second kappa shape index (κ2) is 5.79. The van der Waals surface area contributed by atoms with Gasteiger partial charge in [-0.2, -0.15) is 13.2 Å². The fraction of sp³-hybridized carbons (Fsp3) is 0.529. The number of halogens is 3. The summed E-state index contributed by atoms with van der Waals surface area (Å²) in [5.41, 5.74) is -1.00. The van der Waals surface area contributed by atoms with Gasteiger partial charge in [-0.25, -0.2) is 0 Å². The van der Waals surface area contributed by atoms with Gasteiger partial charge in [-0.15, -0.1) is 0 Å². The Morgan fingerprint density at radius 3 is 2.38 bits per heavy atom. The van der Waals surface area contributed by atoms with Gasteiger partial charge in [0.2, 0.25) is 5.91 Å². The molecule has 1 atom stereocenters. The number of carboxylic acids is 1. The second-order valence-corrected chi connectivity index (χ2v) is 6.67. The van der Waals surface area contributed by atoms with Gasteiger partial charge in [0.15, 0.2) is 0 Å². The molecule has 1 saturated heterocycles. The Balaban J connectivity index is 1.63. The number of piperidine rings is 1. The Kier molecular flexibility index (Phi) is 4.05. The molecule has 1 spiro atoms. The number of hydrogen-bond donors (Lipinski definition) is 1. The van der Waals surface area contributed by atoms with Gasteiger partial charge < -0.3 is 10.0 Å². The molecule has 2 aliphatic rings. The summed E-state index contributed by atoms with van der Waals surface area (Å²) in [6, 6.07) is 5.11. The first-order valence-electron chi connectivity index (χ1n) is 7.89. The number of nitrogens with zero attached hydrogens (tertiary/aromatic N) is 1. The van der Waals surface area contributed by atoms with Gasteiger partial charge in [-0.05, 0) is 36.3 Å². The maximum Gasteiger partial charge on any atom is 0.416 e. The molecule has 3 rings (SSSR count).